The third-order valence-electron chi connectivity index (χ3n) is 1.36. The van der Waals surface area contributed by atoms with Crippen molar-refractivity contribution in [1.82, 2.24) is 0 Å². The maximum Gasteiger partial charge on any atom is 2.00 e. The maximum atomic E-state index is 3.74. The van der Waals surface area contributed by atoms with Crippen molar-refractivity contribution in [2.45, 2.75) is 6.92 Å². The van der Waals surface area contributed by atoms with Crippen LogP contribution in [0.3, 0.4) is 0 Å². The SMILES string of the molecule is [CH2-]N(C)c1[c-]cc(C)cc1.[V+2]. The smallest absolute Gasteiger partial charge is 0.548 e. The third kappa shape index (κ3) is 3.00. The van der Waals surface area contributed by atoms with Gasteiger partial charge >= 0.3 is 18.6 Å². The molecule has 0 aliphatic heterocycles. The first-order valence-electron chi connectivity index (χ1n) is 3.23. The molecule has 0 spiro atoms. The van der Waals surface area contributed by atoms with Gasteiger partial charge in [0.25, 0.3) is 0 Å². The summed E-state index contributed by atoms with van der Waals surface area (Å²) in [5, 5.41) is 0. The molecule has 0 fully saturated rings. The Labute approximate surface area is 80.3 Å². The summed E-state index contributed by atoms with van der Waals surface area (Å²) in [6.45, 7) is 2.05. The first-order chi connectivity index (χ1) is 4.70. The predicted molar refractivity (Wildman–Crippen MR) is 43.8 cm³/mol. The second-order valence-corrected chi connectivity index (χ2v) is 2.45. The average Bonchev–Trinajstić information content (AvgIpc) is 1.88. The number of aryl methyl sites for hydroxylation is 1. The van der Waals surface area contributed by atoms with Gasteiger partial charge in [-0.05, 0) is 7.05 Å². The van der Waals surface area contributed by atoms with Crippen LogP contribution in [0.5, 0.6) is 0 Å². The molecule has 57 valence electrons. The van der Waals surface area contributed by atoms with Gasteiger partial charge in [-0.1, -0.05) is 6.92 Å². The molecule has 1 aromatic rings. The van der Waals surface area contributed by atoms with Gasteiger partial charge in [-0.2, -0.15) is 29.8 Å². The van der Waals surface area contributed by atoms with Gasteiger partial charge in [0.1, 0.15) is 0 Å². The van der Waals surface area contributed by atoms with E-state index < -0.39 is 0 Å². The molecule has 1 radical (unpaired) electrons. The summed E-state index contributed by atoms with van der Waals surface area (Å²) < 4.78 is 0. The molecule has 1 aromatic carbocycles. The number of nitrogens with zero attached hydrogens (tertiary/aromatic N) is 1. The van der Waals surface area contributed by atoms with Crippen molar-refractivity contribution in [3.8, 4) is 0 Å². The first kappa shape index (κ1) is 10.6. The average molecular weight is 184 g/mol. The zero-order valence-corrected chi connectivity index (χ0v) is 8.23. The van der Waals surface area contributed by atoms with E-state index in [1.165, 1.54) is 5.56 Å². The molecule has 0 unspecified atom stereocenters. The molecule has 2 heteroatoms. The van der Waals surface area contributed by atoms with Crippen molar-refractivity contribution >= 4 is 5.69 Å². The monoisotopic (exact) mass is 184 g/mol. The van der Waals surface area contributed by atoms with E-state index in [9.17, 15) is 0 Å². The molecule has 11 heavy (non-hydrogen) atoms. The Balaban J connectivity index is 0.000001000. The molecule has 1 rings (SSSR count). The number of benzene rings is 1. The van der Waals surface area contributed by atoms with Crippen LogP contribution >= 0.6 is 0 Å². The Hall–Kier alpha value is -0.396. The van der Waals surface area contributed by atoms with Crippen molar-refractivity contribution < 1.29 is 18.6 Å². The van der Waals surface area contributed by atoms with Crippen LogP contribution in [0.15, 0.2) is 18.2 Å². The van der Waals surface area contributed by atoms with Gasteiger partial charge in [-0.25, -0.2) is 0 Å². The van der Waals surface area contributed by atoms with Gasteiger partial charge in [0.2, 0.25) is 0 Å². The summed E-state index contributed by atoms with van der Waals surface area (Å²) in [6.07, 6.45) is 0. The van der Waals surface area contributed by atoms with E-state index >= 15 is 0 Å². The quantitative estimate of drug-likeness (QED) is 0.603. The van der Waals surface area contributed by atoms with Crippen LogP contribution in [-0.4, -0.2) is 7.05 Å². The van der Waals surface area contributed by atoms with Crippen LogP contribution in [0.2, 0.25) is 0 Å². The Kier molecular flexibility index (Phi) is 4.31. The van der Waals surface area contributed by atoms with Gasteiger partial charge in [0.15, 0.2) is 0 Å². The summed E-state index contributed by atoms with van der Waals surface area (Å²) in [7, 11) is 5.64. The Bertz CT molecular complexity index is 203. The topological polar surface area (TPSA) is 3.24 Å². The van der Waals surface area contributed by atoms with Crippen LogP contribution < -0.4 is 4.90 Å². The molecule has 0 aliphatic rings. The molecule has 0 N–H and O–H groups in total. The fourth-order valence-corrected chi connectivity index (χ4v) is 0.732. The van der Waals surface area contributed by atoms with Gasteiger partial charge < -0.3 is 4.90 Å². The molecular weight excluding hydrogens is 173 g/mol. The van der Waals surface area contributed by atoms with Crippen molar-refractivity contribution in [2.75, 3.05) is 11.9 Å². The maximum absolute atomic E-state index is 3.74. The van der Waals surface area contributed by atoms with Crippen LogP contribution in [0.25, 0.3) is 0 Å². The zero-order chi connectivity index (χ0) is 7.56. The van der Waals surface area contributed by atoms with Gasteiger partial charge in [-0.3, -0.25) is 7.05 Å². The minimum Gasteiger partial charge on any atom is -0.548 e. The van der Waals surface area contributed by atoms with E-state index in [2.05, 4.69) is 13.1 Å². The fraction of sp³-hybridized carbons (Fsp3) is 0.222. The van der Waals surface area contributed by atoms with E-state index in [-0.39, 0.29) is 18.6 Å². The molecule has 1 nitrogen and oxygen atoms in total. The predicted octanol–water partition coefficient (Wildman–Crippen LogP) is 2.02. The Morgan fingerprint density at radius 3 is 2.45 bits per heavy atom. The van der Waals surface area contributed by atoms with E-state index in [4.69, 9.17) is 0 Å². The van der Waals surface area contributed by atoms with Crippen LogP contribution in [0.4, 0.5) is 5.69 Å². The minimum atomic E-state index is 0. The van der Waals surface area contributed by atoms with Gasteiger partial charge in [-0.15, -0.1) is 5.69 Å². The molecule has 0 atom stereocenters. The summed E-state index contributed by atoms with van der Waals surface area (Å²) in [5.41, 5.74) is 2.25. The Morgan fingerprint density at radius 2 is 2.09 bits per heavy atom. The summed E-state index contributed by atoms with van der Waals surface area (Å²) in [5.74, 6) is 0. The number of rotatable bonds is 1. The molecule has 0 amide bonds. The second-order valence-electron chi connectivity index (χ2n) is 2.45. The van der Waals surface area contributed by atoms with E-state index in [0.717, 1.165) is 5.69 Å². The van der Waals surface area contributed by atoms with Crippen molar-refractivity contribution in [2.24, 2.45) is 0 Å². The molecule has 0 bridgehead atoms. The second kappa shape index (κ2) is 4.48. The summed E-state index contributed by atoms with van der Waals surface area (Å²) in [4.78, 5) is 1.79. The number of hydrogen-bond acceptors (Lipinski definition) is 1. The van der Waals surface area contributed by atoms with Gasteiger partial charge in [0.05, 0.1) is 0 Å². The van der Waals surface area contributed by atoms with Crippen molar-refractivity contribution in [1.29, 1.82) is 0 Å². The van der Waals surface area contributed by atoms with Crippen LogP contribution in [0.1, 0.15) is 5.56 Å². The molecule has 0 aliphatic carbocycles. The van der Waals surface area contributed by atoms with Crippen molar-refractivity contribution in [3.63, 3.8) is 0 Å². The number of hydrogen-bond donors (Lipinski definition) is 0. The normalized spacial score (nSPS) is 8.64. The zero-order valence-electron chi connectivity index (χ0n) is 6.83. The van der Waals surface area contributed by atoms with E-state index in [0.29, 0.717) is 0 Å². The molecular formula is C9H11NV. The largest absolute Gasteiger partial charge is 2.00 e. The van der Waals surface area contributed by atoms with Crippen LogP contribution in [-0.2, 0) is 18.6 Å². The number of anilines is 1. The van der Waals surface area contributed by atoms with E-state index in [1.54, 1.807) is 4.90 Å². The van der Waals surface area contributed by atoms with Gasteiger partial charge in [0, 0.05) is 0 Å². The summed E-state index contributed by atoms with van der Waals surface area (Å²) in [6, 6.07) is 9.11. The molecule has 0 heterocycles. The third-order valence-corrected chi connectivity index (χ3v) is 1.36. The fourth-order valence-electron chi connectivity index (χ4n) is 0.732. The van der Waals surface area contributed by atoms with Crippen molar-refractivity contribution in [3.05, 3.63) is 36.9 Å². The van der Waals surface area contributed by atoms with Crippen LogP contribution in [0, 0.1) is 20.0 Å². The Morgan fingerprint density at radius 1 is 1.45 bits per heavy atom. The minimum absolute atomic E-state index is 0. The van der Waals surface area contributed by atoms with E-state index in [1.807, 2.05) is 32.2 Å². The molecule has 0 saturated heterocycles. The summed E-state index contributed by atoms with van der Waals surface area (Å²) >= 11 is 0. The molecule has 0 aromatic heterocycles. The first-order valence-corrected chi connectivity index (χ1v) is 3.23. The molecule has 0 saturated carbocycles. The standard InChI is InChI=1S/C9H11N.V/c1-8-4-6-9(7-5-8)10(2)3;/h4-6H,2H2,1,3H3;/q-2;+2.